The third-order valence-electron chi connectivity index (χ3n) is 2.83. The molecule has 0 spiro atoms. The Morgan fingerprint density at radius 3 is 2.93 bits per heavy atom. The zero-order valence-electron chi connectivity index (χ0n) is 8.76. The van der Waals surface area contributed by atoms with Crippen molar-refractivity contribution in [2.24, 2.45) is 5.92 Å². The molecule has 0 bridgehead atoms. The lowest BCUT2D eigenvalue weighted by molar-refractivity contribution is 0.514. The van der Waals surface area contributed by atoms with E-state index in [-0.39, 0.29) is 11.9 Å². The summed E-state index contributed by atoms with van der Waals surface area (Å²) in [5.41, 5.74) is 0.741. The summed E-state index contributed by atoms with van der Waals surface area (Å²) in [6.45, 7) is 3.01. The molecule has 1 aromatic carbocycles. The van der Waals surface area contributed by atoms with Crippen molar-refractivity contribution < 1.29 is 4.39 Å². The maximum atomic E-state index is 13.5. The minimum absolute atomic E-state index is 0.0862. The Morgan fingerprint density at radius 2 is 2.27 bits per heavy atom. The first kappa shape index (κ1) is 11.1. The Hall–Kier alpha value is -0.410. The van der Waals surface area contributed by atoms with Gasteiger partial charge in [0.05, 0.1) is 0 Å². The van der Waals surface area contributed by atoms with Gasteiger partial charge in [0.25, 0.3) is 0 Å². The fraction of sp³-hybridized carbons (Fsp3) is 0.500. The first-order valence-corrected chi connectivity index (χ1v) is 6.14. The molecule has 0 aliphatic heterocycles. The van der Waals surface area contributed by atoms with Gasteiger partial charge in [0.15, 0.2) is 0 Å². The highest BCUT2D eigenvalue weighted by Crippen LogP contribution is 2.29. The third kappa shape index (κ3) is 3.02. The van der Waals surface area contributed by atoms with E-state index in [0.29, 0.717) is 0 Å². The van der Waals surface area contributed by atoms with E-state index in [1.807, 2.05) is 13.0 Å². The maximum absolute atomic E-state index is 13.5. The van der Waals surface area contributed by atoms with Crippen LogP contribution >= 0.6 is 15.9 Å². The van der Waals surface area contributed by atoms with Gasteiger partial charge in [-0.15, -0.1) is 0 Å². The smallest absolute Gasteiger partial charge is 0.128 e. The van der Waals surface area contributed by atoms with Gasteiger partial charge in [0.1, 0.15) is 5.82 Å². The van der Waals surface area contributed by atoms with Crippen LogP contribution in [0.25, 0.3) is 0 Å². The van der Waals surface area contributed by atoms with E-state index in [4.69, 9.17) is 0 Å². The van der Waals surface area contributed by atoms with E-state index in [1.54, 1.807) is 6.07 Å². The average Bonchev–Trinajstić information content (AvgIpc) is 3.02. The molecule has 0 amide bonds. The van der Waals surface area contributed by atoms with Crippen LogP contribution < -0.4 is 5.32 Å². The molecule has 1 fully saturated rings. The fourth-order valence-electron chi connectivity index (χ4n) is 1.62. The molecule has 82 valence electrons. The van der Waals surface area contributed by atoms with Gasteiger partial charge in [-0.1, -0.05) is 15.9 Å². The molecular formula is C12H15BrFN. The SMILES string of the molecule is CC(NCC1CC1)c1cc(Br)ccc1F. The number of rotatable bonds is 4. The summed E-state index contributed by atoms with van der Waals surface area (Å²) in [4.78, 5) is 0. The lowest BCUT2D eigenvalue weighted by Gasteiger charge is -2.15. The van der Waals surface area contributed by atoms with Crippen LogP contribution in [0.1, 0.15) is 31.4 Å². The molecule has 1 aromatic rings. The van der Waals surface area contributed by atoms with Crippen LogP contribution in [0.2, 0.25) is 0 Å². The largest absolute Gasteiger partial charge is 0.310 e. The molecule has 1 saturated carbocycles. The summed E-state index contributed by atoms with van der Waals surface area (Å²) in [5, 5.41) is 3.37. The Balaban J connectivity index is 2.02. The van der Waals surface area contributed by atoms with Gasteiger partial charge in [-0.2, -0.15) is 0 Å². The van der Waals surface area contributed by atoms with Crippen LogP contribution in [0, 0.1) is 11.7 Å². The molecule has 0 radical (unpaired) electrons. The van der Waals surface area contributed by atoms with Crippen molar-refractivity contribution in [3.8, 4) is 0 Å². The first-order chi connectivity index (χ1) is 7.16. The summed E-state index contributed by atoms with van der Waals surface area (Å²) in [6, 6.07) is 5.17. The lowest BCUT2D eigenvalue weighted by Crippen LogP contribution is -2.21. The van der Waals surface area contributed by atoms with Crippen molar-refractivity contribution in [1.29, 1.82) is 0 Å². The van der Waals surface area contributed by atoms with Gasteiger partial charge < -0.3 is 5.32 Å². The summed E-state index contributed by atoms with van der Waals surface area (Å²) in [5.74, 6) is 0.691. The number of hydrogen-bond acceptors (Lipinski definition) is 1. The first-order valence-electron chi connectivity index (χ1n) is 5.35. The quantitative estimate of drug-likeness (QED) is 0.882. The Bertz CT molecular complexity index is 349. The zero-order chi connectivity index (χ0) is 10.8. The molecule has 0 aromatic heterocycles. The van der Waals surface area contributed by atoms with Gasteiger partial charge >= 0.3 is 0 Å². The van der Waals surface area contributed by atoms with E-state index in [9.17, 15) is 4.39 Å². The standard InChI is InChI=1S/C12H15BrFN/c1-8(15-7-9-2-3-9)11-6-10(13)4-5-12(11)14/h4-6,8-9,15H,2-3,7H2,1H3. The average molecular weight is 272 g/mol. The van der Waals surface area contributed by atoms with Crippen LogP contribution in [-0.4, -0.2) is 6.54 Å². The van der Waals surface area contributed by atoms with E-state index in [1.165, 1.54) is 18.9 Å². The van der Waals surface area contributed by atoms with Crippen molar-refractivity contribution >= 4 is 15.9 Å². The van der Waals surface area contributed by atoms with E-state index >= 15 is 0 Å². The minimum atomic E-state index is -0.131. The minimum Gasteiger partial charge on any atom is -0.310 e. The normalized spacial score (nSPS) is 17.8. The number of benzene rings is 1. The zero-order valence-corrected chi connectivity index (χ0v) is 10.3. The summed E-state index contributed by atoms with van der Waals surface area (Å²) in [6.07, 6.45) is 2.64. The van der Waals surface area contributed by atoms with Gasteiger partial charge in [0.2, 0.25) is 0 Å². The molecule has 0 saturated heterocycles. The highest BCUT2D eigenvalue weighted by Gasteiger charge is 2.22. The molecule has 1 nitrogen and oxygen atoms in total. The molecule has 0 heterocycles. The van der Waals surface area contributed by atoms with Crippen LogP contribution in [0.5, 0.6) is 0 Å². The molecule has 1 atom stereocenters. The highest BCUT2D eigenvalue weighted by molar-refractivity contribution is 9.10. The highest BCUT2D eigenvalue weighted by atomic mass is 79.9. The Kier molecular flexibility index (Phi) is 3.42. The molecule has 1 aliphatic carbocycles. The Morgan fingerprint density at radius 1 is 1.53 bits per heavy atom. The summed E-state index contributed by atoms with van der Waals surface area (Å²) >= 11 is 3.36. The second-order valence-corrected chi connectivity index (χ2v) is 5.15. The number of halogens is 2. The van der Waals surface area contributed by atoms with Crippen LogP contribution in [0.3, 0.4) is 0 Å². The van der Waals surface area contributed by atoms with Crippen LogP contribution in [0.15, 0.2) is 22.7 Å². The van der Waals surface area contributed by atoms with Crippen molar-refractivity contribution in [1.82, 2.24) is 5.32 Å². The number of hydrogen-bond donors (Lipinski definition) is 1. The predicted octanol–water partition coefficient (Wildman–Crippen LogP) is 3.65. The summed E-state index contributed by atoms with van der Waals surface area (Å²) < 4.78 is 14.4. The molecule has 1 N–H and O–H groups in total. The van der Waals surface area contributed by atoms with E-state index < -0.39 is 0 Å². The van der Waals surface area contributed by atoms with Crippen LogP contribution in [-0.2, 0) is 0 Å². The van der Waals surface area contributed by atoms with Crippen molar-refractivity contribution in [3.63, 3.8) is 0 Å². The monoisotopic (exact) mass is 271 g/mol. The van der Waals surface area contributed by atoms with Crippen molar-refractivity contribution in [2.45, 2.75) is 25.8 Å². The van der Waals surface area contributed by atoms with Crippen molar-refractivity contribution in [3.05, 3.63) is 34.1 Å². The molecule has 1 unspecified atom stereocenters. The molecule has 2 rings (SSSR count). The number of nitrogens with one attached hydrogen (secondary N) is 1. The van der Waals surface area contributed by atoms with E-state index in [0.717, 1.165) is 22.5 Å². The molecule has 3 heteroatoms. The van der Waals surface area contributed by atoms with Gasteiger partial charge in [0, 0.05) is 16.1 Å². The second kappa shape index (κ2) is 4.62. The van der Waals surface area contributed by atoms with Crippen molar-refractivity contribution in [2.75, 3.05) is 6.54 Å². The lowest BCUT2D eigenvalue weighted by atomic mass is 10.1. The van der Waals surface area contributed by atoms with Gasteiger partial charge in [-0.05, 0) is 50.4 Å². The maximum Gasteiger partial charge on any atom is 0.128 e. The van der Waals surface area contributed by atoms with Crippen LogP contribution in [0.4, 0.5) is 4.39 Å². The van der Waals surface area contributed by atoms with Gasteiger partial charge in [-0.25, -0.2) is 4.39 Å². The third-order valence-corrected chi connectivity index (χ3v) is 3.33. The topological polar surface area (TPSA) is 12.0 Å². The molecule has 15 heavy (non-hydrogen) atoms. The van der Waals surface area contributed by atoms with E-state index in [2.05, 4.69) is 21.2 Å². The summed E-state index contributed by atoms with van der Waals surface area (Å²) in [7, 11) is 0. The molecule has 1 aliphatic rings. The van der Waals surface area contributed by atoms with Gasteiger partial charge in [-0.3, -0.25) is 0 Å². The fourth-order valence-corrected chi connectivity index (χ4v) is 2.00. The Labute approximate surface area is 98.2 Å². The molecular weight excluding hydrogens is 257 g/mol. The predicted molar refractivity (Wildman–Crippen MR) is 63.2 cm³/mol. The second-order valence-electron chi connectivity index (χ2n) is 4.24.